The Morgan fingerprint density at radius 2 is 2.06 bits per heavy atom. The molecule has 18 heavy (non-hydrogen) atoms. The molecule has 0 saturated heterocycles. The number of anilines is 1. The van der Waals surface area contributed by atoms with Gasteiger partial charge in [-0.05, 0) is 12.8 Å². The van der Waals surface area contributed by atoms with Crippen LogP contribution in [0.15, 0.2) is 9.95 Å². The highest BCUT2D eigenvalue weighted by molar-refractivity contribution is 7.99. The smallest absolute Gasteiger partial charge is 0.281 e. The van der Waals surface area contributed by atoms with E-state index in [4.69, 9.17) is 0 Å². The maximum Gasteiger partial charge on any atom is 0.281 e. The van der Waals surface area contributed by atoms with Gasteiger partial charge in [0.25, 0.3) is 5.56 Å². The molecule has 2 rings (SSSR count). The Balaban J connectivity index is 2.46. The van der Waals surface area contributed by atoms with Gasteiger partial charge in [-0.15, -0.1) is 0 Å². The van der Waals surface area contributed by atoms with Crippen molar-refractivity contribution >= 4 is 17.4 Å². The van der Waals surface area contributed by atoms with Crippen LogP contribution in [0.25, 0.3) is 0 Å². The molecule has 1 aliphatic heterocycles. The van der Waals surface area contributed by atoms with Gasteiger partial charge < -0.3 is 10.0 Å². The molecule has 0 spiro atoms. The molecule has 2 heterocycles. The summed E-state index contributed by atoms with van der Waals surface area (Å²) in [5.74, 6) is 0.731. The molecule has 0 aromatic carbocycles. The number of hydrogen-bond donors (Lipinski definition) is 1. The van der Waals surface area contributed by atoms with Gasteiger partial charge in [-0.25, -0.2) is 0 Å². The number of hydrogen-bond acceptors (Lipinski definition) is 5. The number of rotatable bonds is 5. The lowest BCUT2D eigenvalue weighted by molar-refractivity contribution is 0.434. The van der Waals surface area contributed by atoms with Gasteiger partial charge in [-0.2, -0.15) is 4.98 Å². The lowest BCUT2D eigenvalue weighted by Gasteiger charge is -2.23. The molecular weight excluding hydrogens is 250 g/mol. The van der Waals surface area contributed by atoms with Crippen molar-refractivity contribution < 1.29 is 5.11 Å². The normalized spacial score (nSPS) is 13.7. The number of aromatic nitrogens is 2. The zero-order valence-electron chi connectivity index (χ0n) is 10.8. The van der Waals surface area contributed by atoms with Crippen molar-refractivity contribution in [1.82, 2.24) is 9.55 Å². The standard InChI is InChI=1S/C12H19N3O2S/c1-3-5-14(6-4-2)9-10(16)13-12-15(11(9)17)7-8-18-12/h16H,3-8H2,1-2H3. The van der Waals surface area contributed by atoms with Crippen molar-refractivity contribution in [2.75, 3.05) is 23.7 Å². The Bertz CT molecular complexity index is 481. The third-order valence-corrected chi connectivity index (χ3v) is 3.90. The highest BCUT2D eigenvalue weighted by atomic mass is 32.2. The van der Waals surface area contributed by atoms with Crippen molar-refractivity contribution in [2.45, 2.75) is 38.4 Å². The zero-order valence-corrected chi connectivity index (χ0v) is 11.7. The van der Waals surface area contributed by atoms with Gasteiger partial charge in [-0.3, -0.25) is 9.36 Å². The third kappa shape index (κ3) is 2.34. The topological polar surface area (TPSA) is 58.4 Å². The molecule has 1 aliphatic rings. The zero-order chi connectivity index (χ0) is 13.1. The van der Waals surface area contributed by atoms with E-state index in [1.165, 1.54) is 11.8 Å². The summed E-state index contributed by atoms with van der Waals surface area (Å²) in [5.41, 5.74) is 0.259. The van der Waals surface area contributed by atoms with Crippen LogP contribution in [0.2, 0.25) is 0 Å². The maximum absolute atomic E-state index is 12.4. The summed E-state index contributed by atoms with van der Waals surface area (Å²) in [7, 11) is 0. The molecule has 1 aromatic heterocycles. The molecule has 5 nitrogen and oxygen atoms in total. The van der Waals surface area contributed by atoms with Crippen LogP contribution in [-0.4, -0.2) is 33.5 Å². The Morgan fingerprint density at radius 3 is 2.67 bits per heavy atom. The Kier molecular flexibility index (Phi) is 4.16. The van der Waals surface area contributed by atoms with Crippen LogP contribution in [0.4, 0.5) is 5.69 Å². The van der Waals surface area contributed by atoms with Crippen molar-refractivity contribution in [1.29, 1.82) is 0 Å². The van der Waals surface area contributed by atoms with E-state index in [9.17, 15) is 9.90 Å². The van der Waals surface area contributed by atoms with Gasteiger partial charge in [0, 0.05) is 25.4 Å². The molecule has 0 aliphatic carbocycles. The van der Waals surface area contributed by atoms with E-state index < -0.39 is 0 Å². The highest BCUT2D eigenvalue weighted by Gasteiger charge is 2.23. The predicted molar refractivity (Wildman–Crippen MR) is 73.7 cm³/mol. The summed E-state index contributed by atoms with van der Waals surface area (Å²) in [4.78, 5) is 18.5. The molecule has 0 unspecified atom stereocenters. The molecule has 0 saturated carbocycles. The molecule has 0 atom stereocenters. The van der Waals surface area contributed by atoms with Crippen LogP contribution in [0.3, 0.4) is 0 Å². The van der Waals surface area contributed by atoms with E-state index >= 15 is 0 Å². The number of nitrogens with zero attached hydrogens (tertiary/aromatic N) is 3. The van der Waals surface area contributed by atoms with Crippen LogP contribution in [0, 0.1) is 0 Å². The minimum Gasteiger partial charge on any atom is -0.492 e. The molecule has 1 aromatic rings. The van der Waals surface area contributed by atoms with Gasteiger partial charge in [0.15, 0.2) is 10.8 Å². The Labute approximate surface area is 111 Å². The number of aromatic hydroxyl groups is 1. The summed E-state index contributed by atoms with van der Waals surface area (Å²) >= 11 is 1.52. The van der Waals surface area contributed by atoms with Crippen LogP contribution >= 0.6 is 11.8 Å². The first-order valence-electron chi connectivity index (χ1n) is 6.40. The minimum absolute atomic E-state index is 0.107. The Morgan fingerprint density at radius 1 is 1.39 bits per heavy atom. The number of thioether (sulfide) groups is 1. The molecule has 100 valence electrons. The molecule has 0 radical (unpaired) electrons. The van der Waals surface area contributed by atoms with Gasteiger partial charge in [0.2, 0.25) is 5.88 Å². The van der Waals surface area contributed by atoms with Gasteiger partial charge in [0.1, 0.15) is 0 Å². The Hall–Kier alpha value is -1.17. The second kappa shape index (κ2) is 5.65. The van der Waals surface area contributed by atoms with Gasteiger partial charge in [0.05, 0.1) is 0 Å². The van der Waals surface area contributed by atoms with Crippen LogP contribution in [0.5, 0.6) is 5.88 Å². The molecule has 0 amide bonds. The van der Waals surface area contributed by atoms with Crippen LogP contribution < -0.4 is 10.5 Å². The summed E-state index contributed by atoms with van der Waals surface area (Å²) in [6.07, 6.45) is 1.88. The molecule has 0 bridgehead atoms. The lowest BCUT2D eigenvalue weighted by Crippen LogP contribution is -2.34. The first-order chi connectivity index (χ1) is 8.69. The fourth-order valence-electron chi connectivity index (χ4n) is 2.20. The molecule has 6 heteroatoms. The second-order valence-electron chi connectivity index (χ2n) is 4.36. The molecule has 1 N–H and O–H groups in total. The third-order valence-electron chi connectivity index (χ3n) is 2.94. The average Bonchev–Trinajstić information content (AvgIpc) is 2.77. The molecular formula is C12H19N3O2S. The van der Waals surface area contributed by atoms with E-state index in [0.717, 1.165) is 31.7 Å². The van der Waals surface area contributed by atoms with E-state index in [1.807, 2.05) is 4.90 Å². The fourth-order valence-corrected chi connectivity index (χ4v) is 3.14. The first-order valence-corrected chi connectivity index (χ1v) is 7.39. The van der Waals surface area contributed by atoms with E-state index in [1.54, 1.807) is 4.57 Å². The fraction of sp³-hybridized carbons (Fsp3) is 0.667. The SMILES string of the molecule is CCCN(CCC)c1c(O)nc2n(c1=O)CCS2. The lowest BCUT2D eigenvalue weighted by atomic mass is 10.3. The van der Waals surface area contributed by atoms with Crippen molar-refractivity contribution in [3.63, 3.8) is 0 Å². The monoisotopic (exact) mass is 269 g/mol. The van der Waals surface area contributed by atoms with E-state index in [0.29, 0.717) is 17.4 Å². The second-order valence-corrected chi connectivity index (χ2v) is 5.42. The van der Waals surface area contributed by atoms with Gasteiger partial charge >= 0.3 is 0 Å². The van der Waals surface area contributed by atoms with Crippen LogP contribution in [-0.2, 0) is 6.54 Å². The van der Waals surface area contributed by atoms with Crippen molar-refractivity contribution in [3.8, 4) is 5.88 Å². The number of fused-ring (bicyclic) bond motifs is 1. The van der Waals surface area contributed by atoms with E-state index in [-0.39, 0.29) is 11.4 Å². The molecule has 0 fully saturated rings. The van der Waals surface area contributed by atoms with Crippen molar-refractivity contribution in [2.24, 2.45) is 0 Å². The van der Waals surface area contributed by atoms with Gasteiger partial charge in [-0.1, -0.05) is 25.6 Å². The quantitative estimate of drug-likeness (QED) is 0.824. The predicted octanol–water partition coefficient (Wildman–Crippen LogP) is 1.68. The summed E-state index contributed by atoms with van der Waals surface area (Å²) in [6.45, 7) is 6.35. The first kappa shape index (κ1) is 13.3. The van der Waals surface area contributed by atoms with Crippen LogP contribution in [0.1, 0.15) is 26.7 Å². The summed E-state index contributed by atoms with van der Waals surface area (Å²) < 4.78 is 1.66. The maximum atomic E-state index is 12.4. The summed E-state index contributed by atoms with van der Waals surface area (Å²) in [5, 5.41) is 10.6. The minimum atomic E-state index is -0.123. The summed E-state index contributed by atoms with van der Waals surface area (Å²) in [6, 6.07) is 0. The van der Waals surface area contributed by atoms with Crippen molar-refractivity contribution in [3.05, 3.63) is 10.4 Å². The largest absolute Gasteiger partial charge is 0.492 e. The highest BCUT2D eigenvalue weighted by Crippen LogP contribution is 2.28. The van der Waals surface area contributed by atoms with E-state index in [2.05, 4.69) is 18.8 Å². The average molecular weight is 269 g/mol.